The number of anilines is 1. The van der Waals surface area contributed by atoms with Crippen LogP contribution in [0.5, 0.6) is 11.5 Å². The van der Waals surface area contributed by atoms with E-state index in [4.69, 9.17) is 9.47 Å². The SMILES string of the molecule is CCOc1ccc(NCc2ccc3c(c2)CCO3)cc1CO. The van der Waals surface area contributed by atoms with E-state index in [2.05, 4.69) is 17.4 Å². The molecule has 2 N–H and O–H groups in total. The van der Waals surface area contributed by atoms with E-state index in [1.807, 2.05) is 31.2 Å². The smallest absolute Gasteiger partial charge is 0.124 e. The van der Waals surface area contributed by atoms with Gasteiger partial charge in [-0.25, -0.2) is 0 Å². The fourth-order valence-electron chi connectivity index (χ4n) is 2.66. The lowest BCUT2D eigenvalue weighted by Gasteiger charge is -2.12. The van der Waals surface area contributed by atoms with Gasteiger partial charge in [0, 0.05) is 24.2 Å². The normalized spacial score (nSPS) is 12.6. The summed E-state index contributed by atoms with van der Waals surface area (Å²) in [5.41, 5.74) is 4.28. The summed E-state index contributed by atoms with van der Waals surface area (Å²) in [7, 11) is 0. The van der Waals surface area contributed by atoms with Crippen molar-refractivity contribution in [1.29, 1.82) is 0 Å². The van der Waals surface area contributed by atoms with Crippen LogP contribution in [-0.2, 0) is 19.6 Å². The van der Waals surface area contributed by atoms with Gasteiger partial charge in [-0.2, -0.15) is 0 Å². The summed E-state index contributed by atoms with van der Waals surface area (Å²) in [6.07, 6.45) is 0.987. The Morgan fingerprint density at radius 2 is 2.14 bits per heavy atom. The third-order valence-electron chi connectivity index (χ3n) is 3.78. The first-order chi connectivity index (χ1) is 10.8. The molecule has 1 heterocycles. The van der Waals surface area contributed by atoms with Crippen LogP contribution < -0.4 is 14.8 Å². The minimum Gasteiger partial charge on any atom is -0.494 e. The number of benzene rings is 2. The third-order valence-corrected chi connectivity index (χ3v) is 3.78. The predicted molar refractivity (Wildman–Crippen MR) is 86.5 cm³/mol. The predicted octanol–water partition coefficient (Wildman–Crippen LogP) is 3.12. The minimum absolute atomic E-state index is 0.0267. The molecule has 0 aromatic heterocycles. The van der Waals surface area contributed by atoms with Crippen LogP contribution in [0.1, 0.15) is 23.6 Å². The Kier molecular flexibility index (Phi) is 4.49. The van der Waals surface area contributed by atoms with Crippen molar-refractivity contribution in [3.63, 3.8) is 0 Å². The molecule has 4 nitrogen and oxygen atoms in total. The van der Waals surface area contributed by atoms with Gasteiger partial charge in [-0.15, -0.1) is 0 Å². The van der Waals surface area contributed by atoms with E-state index in [9.17, 15) is 5.11 Å². The molecule has 2 aromatic carbocycles. The van der Waals surface area contributed by atoms with Gasteiger partial charge in [-0.05, 0) is 42.3 Å². The fourth-order valence-corrected chi connectivity index (χ4v) is 2.66. The van der Waals surface area contributed by atoms with Gasteiger partial charge in [-0.1, -0.05) is 12.1 Å². The number of hydrogen-bond donors (Lipinski definition) is 2. The van der Waals surface area contributed by atoms with Gasteiger partial charge in [-0.3, -0.25) is 0 Å². The summed E-state index contributed by atoms with van der Waals surface area (Å²) in [5.74, 6) is 1.75. The molecule has 116 valence electrons. The third kappa shape index (κ3) is 3.17. The molecule has 0 unspecified atom stereocenters. The molecule has 0 amide bonds. The lowest BCUT2D eigenvalue weighted by molar-refractivity contribution is 0.267. The Balaban J connectivity index is 1.68. The zero-order valence-corrected chi connectivity index (χ0v) is 12.8. The summed E-state index contributed by atoms with van der Waals surface area (Å²) in [6.45, 7) is 4.03. The molecule has 0 bridgehead atoms. The van der Waals surface area contributed by atoms with Crippen molar-refractivity contribution >= 4 is 5.69 Å². The van der Waals surface area contributed by atoms with Gasteiger partial charge >= 0.3 is 0 Å². The van der Waals surface area contributed by atoms with E-state index in [1.165, 1.54) is 11.1 Å². The van der Waals surface area contributed by atoms with Crippen molar-refractivity contribution in [3.8, 4) is 11.5 Å². The summed E-state index contributed by atoms with van der Waals surface area (Å²) in [6, 6.07) is 12.1. The number of hydrogen-bond acceptors (Lipinski definition) is 4. The van der Waals surface area contributed by atoms with E-state index in [-0.39, 0.29) is 6.61 Å². The summed E-state index contributed by atoms with van der Waals surface area (Å²) in [5, 5.41) is 12.8. The summed E-state index contributed by atoms with van der Waals surface area (Å²) >= 11 is 0. The van der Waals surface area contributed by atoms with Crippen molar-refractivity contribution < 1.29 is 14.6 Å². The molecule has 0 spiro atoms. The number of ether oxygens (including phenoxy) is 2. The standard InChI is InChI=1S/C18H21NO3/c1-2-21-18-6-4-16(10-15(18)12-20)19-11-13-3-5-17-14(9-13)7-8-22-17/h3-6,9-10,19-20H,2,7-8,11-12H2,1H3. The van der Waals surface area contributed by atoms with Crippen LogP contribution in [0.25, 0.3) is 0 Å². The lowest BCUT2D eigenvalue weighted by atomic mass is 10.1. The molecule has 4 heteroatoms. The first kappa shape index (κ1) is 14.7. The molecule has 3 rings (SSSR count). The van der Waals surface area contributed by atoms with Gasteiger partial charge in [0.2, 0.25) is 0 Å². The van der Waals surface area contributed by atoms with Gasteiger partial charge in [0.1, 0.15) is 11.5 Å². The number of nitrogens with one attached hydrogen (secondary N) is 1. The van der Waals surface area contributed by atoms with Crippen molar-refractivity contribution in [1.82, 2.24) is 0 Å². The first-order valence-corrected chi connectivity index (χ1v) is 7.65. The Morgan fingerprint density at radius 1 is 1.23 bits per heavy atom. The first-order valence-electron chi connectivity index (χ1n) is 7.65. The Bertz CT molecular complexity index is 655. The topological polar surface area (TPSA) is 50.7 Å². The van der Waals surface area contributed by atoms with E-state index < -0.39 is 0 Å². The molecule has 0 saturated carbocycles. The molecule has 2 aromatic rings. The monoisotopic (exact) mass is 299 g/mol. The molecule has 0 radical (unpaired) electrons. The number of aliphatic hydroxyl groups excluding tert-OH is 1. The van der Waals surface area contributed by atoms with Crippen molar-refractivity contribution in [2.75, 3.05) is 18.5 Å². The van der Waals surface area contributed by atoms with Crippen LogP contribution >= 0.6 is 0 Å². The molecule has 1 aliphatic rings. The highest BCUT2D eigenvalue weighted by Gasteiger charge is 2.12. The Labute approximate surface area is 130 Å². The maximum absolute atomic E-state index is 9.44. The lowest BCUT2D eigenvalue weighted by Crippen LogP contribution is -2.02. The molecular weight excluding hydrogens is 278 g/mol. The average Bonchev–Trinajstić information content (AvgIpc) is 3.01. The van der Waals surface area contributed by atoms with Crippen molar-refractivity contribution in [2.24, 2.45) is 0 Å². The molecule has 0 aliphatic carbocycles. The number of aliphatic hydroxyl groups is 1. The van der Waals surface area contributed by atoms with Gasteiger partial charge in [0.15, 0.2) is 0 Å². The van der Waals surface area contributed by atoms with E-state index in [1.54, 1.807) is 0 Å². The number of rotatable bonds is 6. The molecule has 0 atom stereocenters. The maximum Gasteiger partial charge on any atom is 0.124 e. The van der Waals surface area contributed by atoms with Crippen LogP contribution in [0.4, 0.5) is 5.69 Å². The van der Waals surface area contributed by atoms with E-state index in [0.29, 0.717) is 6.61 Å². The van der Waals surface area contributed by atoms with Crippen LogP contribution in [0.2, 0.25) is 0 Å². The second-order valence-electron chi connectivity index (χ2n) is 5.31. The average molecular weight is 299 g/mol. The van der Waals surface area contributed by atoms with Crippen LogP contribution in [0.3, 0.4) is 0 Å². The largest absolute Gasteiger partial charge is 0.494 e. The zero-order valence-electron chi connectivity index (χ0n) is 12.8. The van der Waals surface area contributed by atoms with Gasteiger partial charge in [0.25, 0.3) is 0 Å². The minimum atomic E-state index is -0.0267. The van der Waals surface area contributed by atoms with Crippen LogP contribution in [-0.4, -0.2) is 18.3 Å². The Hall–Kier alpha value is -2.20. The maximum atomic E-state index is 9.44. The highest BCUT2D eigenvalue weighted by Crippen LogP contribution is 2.27. The van der Waals surface area contributed by atoms with E-state index in [0.717, 1.165) is 42.3 Å². The van der Waals surface area contributed by atoms with E-state index >= 15 is 0 Å². The number of fused-ring (bicyclic) bond motifs is 1. The second kappa shape index (κ2) is 6.71. The van der Waals surface area contributed by atoms with Gasteiger partial charge < -0.3 is 19.9 Å². The quantitative estimate of drug-likeness (QED) is 0.860. The van der Waals surface area contributed by atoms with Crippen LogP contribution in [0.15, 0.2) is 36.4 Å². The molecule has 0 fully saturated rings. The van der Waals surface area contributed by atoms with Crippen molar-refractivity contribution in [3.05, 3.63) is 53.1 Å². The second-order valence-corrected chi connectivity index (χ2v) is 5.31. The fraction of sp³-hybridized carbons (Fsp3) is 0.333. The molecule has 0 saturated heterocycles. The Morgan fingerprint density at radius 3 is 2.95 bits per heavy atom. The zero-order chi connectivity index (χ0) is 15.4. The highest BCUT2D eigenvalue weighted by atomic mass is 16.5. The molecule has 22 heavy (non-hydrogen) atoms. The molecule has 1 aliphatic heterocycles. The van der Waals surface area contributed by atoms with Crippen molar-refractivity contribution in [2.45, 2.75) is 26.5 Å². The summed E-state index contributed by atoms with van der Waals surface area (Å²) in [4.78, 5) is 0. The molecular formula is C18H21NO3. The van der Waals surface area contributed by atoms with Gasteiger partial charge in [0.05, 0.1) is 19.8 Å². The van der Waals surface area contributed by atoms with Crippen LogP contribution in [0, 0.1) is 0 Å². The highest BCUT2D eigenvalue weighted by molar-refractivity contribution is 5.51. The summed E-state index contributed by atoms with van der Waals surface area (Å²) < 4.78 is 11.0.